The zero-order valence-electron chi connectivity index (χ0n) is 10.7. The predicted molar refractivity (Wildman–Crippen MR) is 78.7 cm³/mol. The fraction of sp³-hybridized carbons (Fsp3) is 0.462. The number of morpholine rings is 1. The molecule has 1 N–H and O–H groups in total. The number of nitrogens with one attached hydrogen (secondary N) is 1. The van der Waals surface area contributed by atoms with Gasteiger partial charge in [0.1, 0.15) is 0 Å². The van der Waals surface area contributed by atoms with Gasteiger partial charge in [0.2, 0.25) is 0 Å². The first-order valence-corrected chi connectivity index (χ1v) is 7.28. The Kier molecular flexibility index (Phi) is 5.21. The van der Waals surface area contributed by atoms with E-state index in [2.05, 4.69) is 21.2 Å². The Bertz CT molecular complexity index is 464. The van der Waals surface area contributed by atoms with E-state index in [0.29, 0.717) is 23.7 Å². The minimum absolute atomic E-state index is 0.0358. The van der Waals surface area contributed by atoms with Crippen LogP contribution in [0.4, 0.5) is 0 Å². The summed E-state index contributed by atoms with van der Waals surface area (Å²) in [6.45, 7) is 2.87. The number of likely N-dealkylation sites (N-methyl/N-ethyl adjacent to an activating group) is 1. The lowest BCUT2D eigenvalue weighted by molar-refractivity contribution is 0.0104. The van der Waals surface area contributed by atoms with Gasteiger partial charge in [-0.15, -0.1) is 0 Å². The maximum absolute atomic E-state index is 12.3. The van der Waals surface area contributed by atoms with E-state index in [9.17, 15) is 4.79 Å². The molecule has 1 fully saturated rings. The average molecular weight is 348 g/mol. The smallest absolute Gasteiger partial charge is 0.255 e. The fourth-order valence-corrected chi connectivity index (χ4v) is 2.57. The number of ether oxygens (including phenoxy) is 1. The number of hydrogen-bond acceptors (Lipinski definition) is 3. The zero-order valence-corrected chi connectivity index (χ0v) is 13.0. The van der Waals surface area contributed by atoms with E-state index in [1.54, 1.807) is 24.1 Å². The maximum Gasteiger partial charge on any atom is 0.255 e. The Labute approximate surface area is 126 Å². The first kappa shape index (κ1) is 14.8. The highest BCUT2D eigenvalue weighted by Gasteiger charge is 2.21. The molecule has 1 saturated heterocycles. The fourth-order valence-electron chi connectivity index (χ4n) is 2.00. The van der Waals surface area contributed by atoms with Gasteiger partial charge in [-0.25, -0.2) is 0 Å². The molecule has 1 heterocycles. The first-order chi connectivity index (χ1) is 9.09. The molecule has 2 rings (SSSR count). The molecule has 0 saturated carbocycles. The van der Waals surface area contributed by atoms with Gasteiger partial charge in [0, 0.05) is 31.2 Å². The van der Waals surface area contributed by atoms with Crippen LogP contribution in [-0.4, -0.2) is 50.2 Å². The molecule has 104 valence electrons. The molecule has 0 radical (unpaired) electrons. The molecule has 19 heavy (non-hydrogen) atoms. The van der Waals surface area contributed by atoms with E-state index in [1.807, 2.05) is 6.07 Å². The van der Waals surface area contributed by atoms with Gasteiger partial charge in [0.05, 0.1) is 23.3 Å². The largest absolute Gasteiger partial charge is 0.374 e. The Hall–Kier alpha value is -0.620. The average Bonchev–Trinajstić information content (AvgIpc) is 2.42. The van der Waals surface area contributed by atoms with Crippen molar-refractivity contribution in [2.24, 2.45) is 0 Å². The third kappa shape index (κ3) is 3.69. The maximum atomic E-state index is 12.3. The zero-order chi connectivity index (χ0) is 13.8. The highest BCUT2D eigenvalue weighted by molar-refractivity contribution is 9.10. The lowest BCUT2D eigenvalue weighted by Gasteiger charge is -2.28. The molecule has 1 aromatic carbocycles. The van der Waals surface area contributed by atoms with E-state index in [4.69, 9.17) is 16.3 Å². The van der Waals surface area contributed by atoms with Crippen molar-refractivity contribution in [1.82, 2.24) is 10.2 Å². The van der Waals surface area contributed by atoms with Crippen LogP contribution in [0.3, 0.4) is 0 Å². The molecule has 1 atom stereocenters. The molecular formula is C13H16BrClN2O2. The van der Waals surface area contributed by atoms with Crippen LogP contribution in [-0.2, 0) is 4.74 Å². The number of hydrogen-bond donors (Lipinski definition) is 1. The highest BCUT2D eigenvalue weighted by atomic mass is 79.9. The Balaban J connectivity index is 2.03. The molecule has 0 aliphatic carbocycles. The van der Waals surface area contributed by atoms with Gasteiger partial charge < -0.3 is 15.0 Å². The predicted octanol–water partition coefficient (Wildman–Crippen LogP) is 2.16. The molecule has 6 heteroatoms. The van der Waals surface area contributed by atoms with Gasteiger partial charge in [0.25, 0.3) is 5.91 Å². The van der Waals surface area contributed by atoms with E-state index < -0.39 is 0 Å². The third-order valence-corrected chi connectivity index (χ3v) is 4.31. The molecule has 1 aliphatic rings. The van der Waals surface area contributed by atoms with Crippen molar-refractivity contribution in [3.63, 3.8) is 0 Å². The Morgan fingerprint density at radius 3 is 3.11 bits per heavy atom. The van der Waals surface area contributed by atoms with Crippen LogP contribution in [0.5, 0.6) is 0 Å². The van der Waals surface area contributed by atoms with Crippen molar-refractivity contribution in [1.29, 1.82) is 0 Å². The second kappa shape index (κ2) is 6.70. The Morgan fingerprint density at radius 1 is 1.63 bits per heavy atom. The molecule has 1 unspecified atom stereocenters. The molecule has 1 aliphatic heterocycles. The van der Waals surface area contributed by atoms with Crippen molar-refractivity contribution in [3.8, 4) is 0 Å². The normalized spacial score (nSPS) is 19.2. The second-order valence-electron chi connectivity index (χ2n) is 4.48. The quantitative estimate of drug-likeness (QED) is 0.911. The summed E-state index contributed by atoms with van der Waals surface area (Å²) in [4.78, 5) is 14.0. The number of halogens is 2. The van der Waals surface area contributed by atoms with Crippen molar-refractivity contribution >= 4 is 33.4 Å². The highest BCUT2D eigenvalue weighted by Crippen LogP contribution is 2.26. The van der Waals surface area contributed by atoms with Crippen LogP contribution in [0.25, 0.3) is 0 Å². The van der Waals surface area contributed by atoms with Crippen LogP contribution in [0.15, 0.2) is 22.7 Å². The topological polar surface area (TPSA) is 41.6 Å². The van der Waals surface area contributed by atoms with Crippen LogP contribution in [0, 0.1) is 0 Å². The van der Waals surface area contributed by atoms with Crippen molar-refractivity contribution in [2.45, 2.75) is 6.10 Å². The number of carbonyl (C=O) groups is 1. The molecule has 4 nitrogen and oxygen atoms in total. The van der Waals surface area contributed by atoms with E-state index in [-0.39, 0.29) is 12.0 Å². The van der Waals surface area contributed by atoms with Gasteiger partial charge in [-0.3, -0.25) is 4.79 Å². The summed E-state index contributed by atoms with van der Waals surface area (Å²) < 4.78 is 6.32. The van der Waals surface area contributed by atoms with Gasteiger partial charge in [-0.05, 0) is 28.1 Å². The van der Waals surface area contributed by atoms with Crippen LogP contribution < -0.4 is 5.32 Å². The molecule has 0 aromatic heterocycles. The van der Waals surface area contributed by atoms with Crippen molar-refractivity contribution in [3.05, 3.63) is 33.3 Å². The van der Waals surface area contributed by atoms with Crippen LogP contribution >= 0.6 is 27.5 Å². The van der Waals surface area contributed by atoms with Crippen LogP contribution in [0.2, 0.25) is 5.02 Å². The van der Waals surface area contributed by atoms with E-state index >= 15 is 0 Å². The number of benzene rings is 1. The first-order valence-electron chi connectivity index (χ1n) is 6.11. The SMILES string of the molecule is CN(CC1CNCCO1)C(=O)c1cccc(Br)c1Cl. The second-order valence-corrected chi connectivity index (χ2v) is 5.72. The number of amides is 1. The van der Waals surface area contributed by atoms with E-state index in [1.165, 1.54) is 0 Å². The molecule has 1 amide bonds. The molecular weight excluding hydrogens is 332 g/mol. The summed E-state index contributed by atoms with van der Waals surface area (Å²) in [6.07, 6.45) is 0.0358. The summed E-state index contributed by atoms with van der Waals surface area (Å²) in [5.74, 6) is -0.0968. The van der Waals surface area contributed by atoms with Gasteiger partial charge in [0.15, 0.2) is 0 Å². The van der Waals surface area contributed by atoms with E-state index in [0.717, 1.165) is 17.6 Å². The lowest BCUT2D eigenvalue weighted by Crippen LogP contribution is -2.45. The molecule has 0 bridgehead atoms. The van der Waals surface area contributed by atoms with Crippen molar-refractivity contribution in [2.75, 3.05) is 33.3 Å². The van der Waals surface area contributed by atoms with Gasteiger partial charge >= 0.3 is 0 Å². The Morgan fingerprint density at radius 2 is 2.42 bits per heavy atom. The summed E-state index contributed by atoms with van der Waals surface area (Å²) in [5, 5.41) is 3.69. The van der Waals surface area contributed by atoms with Gasteiger partial charge in [-0.2, -0.15) is 0 Å². The molecule has 0 spiro atoms. The summed E-state index contributed by atoms with van der Waals surface area (Å²) in [6, 6.07) is 5.34. The number of carbonyl (C=O) groups excluding carboxylic acids is 1. The van der Waals surface area contributed by atoms with Crippen LogP contribution in [0.1, 0.15) is 10.4 Å². The number of rotatable bonds is 3. The number of nitrogens with zero attached hydrogens (tertiary/aromatic N) is 1. The summed E-state index contributed by atoms with van der Waals surface area (Å²) in [7, 11) is 1.76. The molecule has 1 aromatic rings. The standard InChI is InChI=1S/C13H16BrClN2O2/c1-17(8-9-7-16-5-6-19-9)13(18)10-3-2-4-11(14)12(10)15/h2-4,9,16H,5-8H2,1H3. The monoisotopic (exact) mass is 346 g/mol. The minimum Gasteiger partial charge on any atom is -0.374 e. The summed E-state index contributed by atoms with van der Waals surface area (Å²) >= 11 is 9.46. The minimum atomic E-state index is -0.0968. The van der Waals surface area contributed by atoms with Gasteiger partial charge in [-0.1, -0.05) is 17.7 Å². The lowest BCUT2D eigenvalue weighted by atomic mass is 10.2. The third-order valence-electron chi connectivity index (χ3n) is 3.01. The van der Waals surface area contributed by atoms with Crippen molar-refractivity contribution < 1.29 is 9.53 Å². The summed E-state index contributed by atoms with van der Waals surface area (Å²) in [5.41, 5.74) is 0.502.